The van der Waals surface area contributed by atoms with Crippen LogP contribution in [0, 0.1) is 31.0 Å². The van der Waals surface area contributed by atoms with Crippen molar-refractivity contribution >= 4 is 44.9 Å². The van der Waals surface area contributed by atoms with Gasteiger partial charge in [-0.15, -0.1) is 11.3 Å². The van der Waals surface area contributed by atoms with Crippen LogP contribution in [-0.2, 0) is 24.4 Å². The molecule has 51 heavy (non-hydrogen) atoms. The summed E-state index contributed by atoms with van der Waals surface area (Å²) in [5.41, 5.74) is 6.20. The number of ether oxygens (including phenoxy) is 2. The van der Waals surface area contributed by atoms with Crippen molar-refractivity contribution < 1.29 is 18.7 Å². The number of imidazole rings is 1. The first kappa shape index (κ1) is 33.0. The van der Waals surface area contributed by atoms with Gasteiger partial charge in [-0.1, -0.05) is 6.07 Å². The lowest BCUT2D eigenvalue weighted by atomic mass is 9.93. The highest BCUT2D eigenvalue weighted by atomic mass is 32.1. The molecule has 6 aromatic rings. The van der Waals surface area contributed by atoms with Gasteiger partial charge in [0.2, 0.25) is 5.88 Å². The maximum absolute atomic E-state index is 14.5. The van der Waals surface area contributed by atoms with Crippen molar-refractivity contribution in [2.24, 2.45) is 0 Å². The number of aromatic amines is 1. The molecule has 0 spiro atoms. The Labute approximate surface area is 298 Å². The van der Waals surface area contributed by atoms with E-state index in [-0.39, 0.29) is 30.4 Å². The zero-order chi connectivity index (χ0) is 35.1. The maximum atomic E-state index is 14.5. The molecule has 2 N–H and O–H groups in total. The van der Waals surface area contributed by atoms with Crippen molar-refractivity contribution in [3.63, 3.8) is 0 Å². The molecule has 13 heteroatoms. The standard InChI is InChI=1S/C38H37FN8O3S/c1-22-33(18-40)51-34(37(22)39)21-50-36-5-3-4-29(43-36)24-10-13-46(14-11-24)20-35-42-31-17-26(7-9-32(31)47(35)19-27-12-15-49-27)41-38(48)25-6-8-30-28(16-25)23(2)44-45-30/h3-9,16-17,24,27H,10-15,19-21H2,1-2H3,(H,41,48)(H,44,45)/t27-/m0/s1. The molecule has 260 valence electrons. The fourth-order valence-corrected chi connectivity index (χ4v) is 7.81. The number of nitrogens with one attached hydrogen (secondary N) is 2. The van der Waals surface area contributed by atoms with E-state index in [1.807, 2.05) is 55.5 Å². The van der Waals surface area contributed by atoms with Crippen LogP contribution in [0.25, 0.3) is 21.9 Å². The summed E-state index contributed by atoms with van der Waals surface area (Å²) in [6, 6.07) is 19.2. The molecule has 11 nitrogen and oxygen atoms in total. The summed E-state index contributed by atoms with van der Waals surface area (Å²) in [5.74, 6) is 1.15. The van der Waals surface area contributed by atoms with E-state index in [0.29, 0.717) is 39.0 Å². The Bertz CT molecular complexity index is 2290. The highest BCUT2D eigenvalue weighted by Crippen LogP contribution is 2.31. The molecule has 1 amide bonds. The molecule has 8 rings (SSSR count). The van der Waals surface area contributed by atoms with Crippen LogP contribution in [0.15, 0.2) is 54.6 Å². The first-order valence-corrected chi connectivity index (χ1v) is 18.0. The Balaban J connectivity index is 0.934. The number of carbonyl (C=O) groups is 1. The van der Waals surface area contributed by atoms with Crippen LogP contribution in [0.4, 0.5) is 10.1 Å². The molecule has 2 aromatic carbocycles. The molecule has 2 saturated heterocycles. The fraction of sp³-hybridized carbons (Fsp3) is 0.342. The van der Waals surface area contributed by atoms with Crippen molar-refractivity contribution in [1.82, 2.24) is 29.6 Å². The average molecular weight is 705 g/mol. The first-order chi connectivity index (χ1) is 24.8. The minimum Gasteiger partial charge on any atom is -0.472 e. The molecule has 0 saturated carbocycles. The van der Waals surface area contributed by atoms with E-state index in [4.69, 9.17) is 19.4 Å². The lowest BCUT2D eigenvalue weighted by molar-refractivity contribution is -0.0592. The van der Waals surface area contributed by atoms with Gasteiger partial charge in [0.15, 0.2) is 0 Å². The third kappa shape index (κ3) is 6.70. The number of hydrogen-bond acceptors (Lipinski definition) is 9. The molecule has 0 bridgehead atoms. The summed E-state index contributed by atoms with van der Waals surface area (Å²) in [6.45, 7) is 7.59. The third-order valence-corrected chi connectivity index (χ3v) is 11.1. The number of anilines is 1. The number of carbonyl (C=O) groups excluding carboxylic acids is 1. The molecule has 0 unspecified atom stereocenters. The van der Waals surface area contributed by atoms with E-state index in [0.717, 1.165) is 96.0 Å². The largest absolute Gasteiger partial charge is 0.472 e. The van der Waals surface area contributed by atoms with Crippen LogP contribution in [-0.4, -0.2) is 61.3 Å². The van der Waals surface area contributed by atoms with Gasteiger partial charge in [-0.2, -0.15) is 10.4 Å². The summed E-state index contributed by atoms with van der Waals surface area (Å²) in [6.07, 6.45) is 3.07. The van der Waals surface area contributed by atoms with Gasteiger partial charge in [0, 0.05) is 52.2 Å². The van der Waals surface area contributed by atoms with Crippen molar-refractivity contribution in [2.75, 3.05) is 25.0 Å². The van der Waals surface area contributed by atoms with Crippen LogP contribution < -0.4 is 10.1 Å². The zero-order valence-corrected chi connectivity index (χ0v) is 29.2. The quantitative estimate of drug-likeness (QED) is 0.156. The Morgan fingerprint density at radius 2 is 1.96 bits per heavy atom. The third-order valence-electron chi connectivity index (χ3n) is 9.98. The average Bonchev–Trinajstić information content (AvgIpc) is 3.76. The number of rotatable bonds is 10. The molecule has 2 fully saturated rings. The number of benzene rings is 2. The number of amides is 1. The molecule has 0 aliphatic carbocycles. The maximum Gasteiger partial charge on any atom is 0.255 e. The van der Waals surface area contributed by atoms with Gasteiger partial charge in [-0.3, -0.25) is 14.8 Å². The predicted octanol–water partition coefficient (Wildman–Crippen LogP) is 7.00. The molecular formula is C38H37FN8O3S. The van der Waals surface area contributed by atoms with Crippen molar-refractivity contribution in [3.05, 3.63) is 98.5 Å². The number of pyridine rings is 1. The molecular weight excluding hydrogens is 668 g/mol. The highest BCUT2D eigenvalue weighted by Gasteiger charge is 2.26. The van der Waals surface area contributed by atoms with Crippen LogP contribution in [0.5, 0.6) is 5.88 Å². The number of likely N-dealkylation sites (tertiary alicyclic amines) is 1. The van der Waals surface area contributed by atoms with Gasteiger partial charge in [0.25, 0.3) is 5.91 Å². The number of fused-ring (bicyclic) bond motifs is 2. The van der Waals surface area contributed by atoms with Gasteiger partial charge in [-0.25, -0.2) is 14.4 Å². The molecule has 0 radical (unpaired) electrons. The van der Waals surface area contributed by atoms with Crippen LogP contribution in [0.1, 0.15) is 68.1 Å². The van der Waals surface area contributed by atoms with E-state index in [2.05, 4.69) is 25.0 Å². The van der Waals surface area contributed by atoms with Crippen LogP contribution in [0.2, 0.25) is 0 Å². The summed E-state index contributed by atoms with van der Waals surface area (Å²) >= 11 is 1.12. The summed E-state index contributed by atoms with van der Waals surface area (Å²) < 4.78 is 28.5. The minimum absolute atomic E-state index is 0.0384. The summed E-state index contributed by atoms with van der Waals surface area (Å²) in [4.78, 5) is 26.3. The van der Waals surface area contributed by atoms with E-state index < -0.39 is 0 Å². The number of thiophene rings is 1. The van der Waals surface area contributed by atoms with E-state index >= 15 is 0 Å². The Morgan fingerprint density at radius 1 is 1.12 bits per heavy atom. The molecule has 1 atom stereocenters. The summed E-state index contributed by atoms with van der Waals surface area (Å²) in [7, 11) is 0. The van der Waals surface area contributed by atoms with E-state index in [1.54, 1.807) is 19.1 Å². The second kappa shape index (κ2) is 13.9. The molecule has 2 aliphatic heterocycles. The molecule has 2 aliphatic rings. The number of piperidine rings is 1. The second-order valence-corrected chi connectivity index (χ2v) is 14.4. The normalized spacial score (nSPS) is 16.7. The topological polar surface area (TPSA) is 134 Å². The number of aromatic nitrogens is 5. The van der Waals surface area contributed by atoms with Crippen molar-refractivity contribution in [1.29, 1.82) is 5.26 Å². The fourth-order valence-electron chi connectivity index (χ4n) is 6.91. The molecule has 4 aromatic heterocycles. The summed E-state index contributed by atoms with van der Waals surface area (Å²) in [5, 5.41) is 20.4. The monoisotopic (exact) mass is 704 g/mol. The number of nitriles is 1. The lowest BCUT2D eigenvalue weighted by Gasteiger charge is -2.32. The Morgan fingerprint density at radius 3 is 2.73 bits per heavy atom. The number of halogens is 1. The number of aryl methyl sites for hydroxylation is 1. The van der Waals surface area contributed by atoms with Gasteiger partial charge >= 0.3 is 0 Å². The van der Waals surface area contributed by atoms with Crippen molar-refractivity contribution in [2.45, 2.75) is 64.8 Å². The van der Waals surface area contributed by atoms with Crippen LogP contribution in [0.3, 0.4) is 0 Å². The van der Waals surface area contributed by atoms with Crippen molar-refractivity contribution in [3.8, 4) is 11.9 Å². The predicted molar refractivity (Wildman–Crippen MR) is 192 cm³/mol. The van der Waals surface area contributed by atoms with Gasteiger partial charge in [0.05, 0.1) is 40.6 Å². The second-order valence-electron chi connectivity index (χ2n) is 13.3. The first-order valence-electron chi connectivity index (χ1n) is 17.2. The van der Waals surface area contributed by atoms with Gasteiger partial charge in [-0.05, 0) is 88.7 Å². The lowest BCUT2D eigenvalue weighted by Crippen LogP contribution is -2.35. The van der Waals surface area contributed by atoms with E-state index in [9.17, 15) is 14.4 Å². The Hall–Kier alpha value is -5.16. The van der Waals surface area contributed by atoms with Gasteiger partial charge < -0.3 is 19.4 Å². The number of nitrogens with zero attached hydrogens (tertiary/aromatic N) is 6. The number of hydrogen-bond donors (Lipinski definition) is 2. The zero-order valence-electron chi connectivity index (χ0n) is 28.4. The van der Waals surface area contributed by atoms with Crippen LogP contribution >= 0.6 is 11.3 Å². The van der Waals surface area contributed by atoms with E-state index in [1.165, 1.54) is 0 Å². The molecule has 6 heterocycles. The minimum atomic E-state index is -0.379. The smallest absolute Gasteiger partial charge is 0.255 e. The highest BCUT2D eigenvalue weighted by molar-refractivity contribution is 7.12. The number of H-pyrrole nitrogens is 1. The Kier molecular flexibility index (Phi) is 8.97. The van der Waals surface area contributed by atoms with Gasteiger partial charge in [0.1, 0.15) is 29.2 Å². The SMILES string of the molecule is Cc1c(C#N)sc(COc2cccc(C3CCN(Cc4nc5cc(NC(=O)c6ccc7n[nH]c(C)c7c6)ccc5n4C[C@@H]4CCO4)CC3)n2)c1F.